The number of nitrogens with zero attached hydrogens (tertiary/aromatic N) is 3. The lowest BCUT2D eigenvalue weighted by Gasteiger charge is -2.43. The molecule has 1 fully saturated rings. The van der Waals surface area contributed by atoms with Crippen LogP contribution in [0.1, 0.15) is 41.9 Å². The smallest absolute Gasteiger partial charge is 0.344 e. The van der Waals surface area contributed by atoms with Crippen LogP contribution in [-0.2, 0) is 19.7 Å². The van der Waals surface area contributed by atoms with Gasteiger partial charge in [-0.05, 0) is 42.6 Å². The van der Waals surface area contributed by atoms with Gasteiger partial charge in [0.2, 0.25) is 0 Å². The van der Waals surface area contributed by atoms with Crippen LogP contribution in [0.4, 0.5) is 5.69 Å². The van der Waals surface area contributed by atoms with Gasteiger partial charge in [0.25, 0.3) is 5.69 Å². The molecule has 1 amide bonds. The Balaban J connectivity index is 1.14. The van der Waals surface area contributed by atoms with Gasteiger partial charge in [0.15, 0.2) is 0 Å². The number of hydrogen-bond acceptors (Lipinski definition) is 7. The van der Waals surface area contributed by atoms with Crippen molar-refractivity contribution in [2.75, 3.05) is 46.9 Å². The number of esters is 1. The Morgan fingerprint density at radius 1 is 1.00 bits per heavy atom. The zero-order valence-corrected chi connectivity index (χ0v) is 25.8. The summed E-state index contributed by atoms with van der Waals surface area (Å²) >= 11 is 0. The number of nitro groups is 1. The maximum atomic E-state index is 14.1. The van der Waals surface area contributed by atoms with Crippen LogP contribution in [0, 0.1) is 10.1 Å². The lowest BCUT2D eigenvalue weighted by molar-refractivity contribution is -0.824. The highest BCUT2D eigenvalue weighted by Gasteiger charge is 2.50. The van der Waals surface area contributed by atoms with Crippen LogP contribution in [0.25, 0.3) is 0 Å². The number of methoxy groups -OCH3 is 1. The molecule has 45 heavy (non-hydrogen) atoms. The molecule has 3 heterocycles. The Kier molecular flexibility index (Phi) is 8.40. The first-order chi connectivity index (χ1) is 21.8. The monoisotopic (exact) mass is 607 g/mol. The van der Waals surface area contributed by atoms with Crippen LogP contribution in [0.15, 0.2) is 108 Å². The maximum Gasteiger partial charge on any atom is 0.344 e. The Morgan fingerprint density at radius 3 is 2.16 bits per heavy atom. The Bertz CT molecular complexity index is 1600. The zero-order valence-electron chi connectivity index (χ0n) is 25.8. The van der Waals surface area contributed by atoms with Crippen molar-refractivity contribution in [3.05, 3.63) is 135 Å². The first-order valence-electron chi connectivity index (χ1n) is 15.5. The normalized spacial score (nSPS) is 22.8. The number of piperidine rings is 1. The molecule has 0 radical (unpaired) electrons. The number of rotatable bonds is 9. The van der Waals surface area contributed by atoms with E-state index in [1.807, 2.05) is 7.05 Å². The molecule has 0 bridgehead atoms. The maximum absolute atomic E-state index is 14.1. The number of nitro benzene ring substituents is 1. The fourth-order valence-corrected chi connectivity index (χ4v) is 7.42. The largest absolute Gasteiger partial charge is 0.466 e. The van der Waals surface area contributed by atoms with E-state index in [0.29, 0.717) is 29.8 Å². The molecule has 3 aliphatic heterocycles. The Hall–Kier alpha value is -4.60. The third kappa shape index (κ3) is 5.69. The van der Waals surface area contributed by atoms with E-state index in [9.17, 15) is 19.7 Å². The number of ether oxygens (including phenoxy) is 1. The molecule has 232 valence electrons. The number of non-ortho nitro benzene ring substituents is 1. The van der Waals surface area contributed by atoms with Gasteiger partial charge in [-0.25, -0.2) is 9.59 Å². The second-order valence-electron chi connectivity index (χ2n) is 12.5. The number of likely N-dealkylation sites (N-methyl/N-ethyl adjacent to an activating group) is 1. The van der Waals surface area contributed by atoms with Crippen molar-refractivity contribution < 1.29 is 23.7 Å². The van der Waals surface area contributed by atoms with Gasteiger partial charge in [-0.15, -0.1) is 0 Å². The standard InChI is InChI=1S/C36H38N4O5/c1-40(23-9-20-38-21-18-36(19-22-38,27-10-5-3-6-11-27)28-12-7-4-8-13-28)25-31-33(34(40)41)32(30(24-37-31)35(42)45-2)26-14-16-29(17-15-26)39(43)44/h3-8,10-17,24,32H,9,18-23,25H2,1-2H3/p+1. The molecule has 6 rings (SSSR count). The third-order valence-corrected chi connectivity index (χ3v) is 9.90. The fourth-order valence-electron chi connectivity index (χ4n) is 7.42. The molecule has 2 unspecified atom stereocenters. The summed E-state index contributed by atoms with van der Waals surface area (Å²) in [6.07, 6.45) is 4.53. The molecule has 0 saturated carbocycles. The number of dihydropyridines is 1. The van der Waals surface area contributed by atoms with Crippen LogP contribution in [0.5, 0.6) is 0 Å². The van der Waals surface area contributed by atoms with Crippen molar-refractivity contribution in [3.8, 4) is 0 Å². The van der Waals surface area contributed by atoms with E-state index in [1.165, 1.54) is 30.4 Å². The van der Waals surface area contributed by atoms with Crippen molar-refractivity contribution in [3.63, 3.8) is 0 Å². The first kappa shape index (κ1) is 30.4. The first-order valence-corrected chi connectivity index (χ1v) is 15.5. The van der Waals surface area contributed by atoms with E-state index >= 15 is 0 Å². The van der Waals surface area contributed by atoms with E-state index in [-0.39, 0.29) is 21.5 Å². The van der Waals surface area contributed by atoms with E-state index in [0.717, 1.165) is 44.6 Å². The number of nitrogens with one attached hydrogen (secondary N) is 1. The molecule has 2 atom stereocenters. The Morgan fingerprint density at radius 2 is 1.60 bits per heavy atom. The summed E-state index contributed by atoms with van der Waals surface area (Å²) in [6, 6.07) is 27.7. The number of benzene rings is 3. The average molecular weight is 608 g/mol. The zero-order chi connectivity index (χ0) is 31.6. The molecule has 1 N–H and O–H groups in total. The van der Waals surface area contributed by atoms with Gasteiger partial charge in [0, 0.05) is 36.7 Å². The molecule has 0 spiro atoms. The highest BCUT2D eigenvalue weighted by atomic mass is 16.6. The van der Waals surface area contributed by atoms with Gasteiger partial charge in [-0.1, -0.05) is 72.8 Å². The second-order valence-corrected chi connectivity index (χ2v) is 12.5. The molecular weight excluding hydrogens is 568 g/mol. The lowest BCUT2D eigenvalue weighted by Crippen LogP contribution is -2.49. The molecule has 1 saturated heterocycles. The molecule has 0 aliphatic carbocycles. The predicted molar refractivity (Wildman–Crippen MR) is 171 cm³/mol. The molecule has 3 aromatic rings. The predicted octanol–water partition coefficient (Wildman–Crippen LogP) is 5.05. The number of quaternary nitrogens is 1. The summed E-state index contributed by atoms with van der Waals surface area (Å²) in [5.41, 5.74) is 4.93. The second kappa shape index (κ2) is 12.4. The number of carbonyl (C=O) groups excluding carboxylic acids is 2. The summed E-state index contributed by atoms with van der Waals surface area (Å²) in [7, 11) is 3.26. The molecular formula is C36H39N4O5+. The van der Waals surface area contributed by atoms with E-state index in [4.69, 9.17) is 4.74 Å². The summed E-state index contributed by atoms with van der Waals surface area (Å²) in [6.45, 7) is 4.01. The minimum Gasteiger partial charge on any atom is -0.466 e. The summed E-state index contributed by atoms with van der Waals surface area (Å²) < 4.78 is 5.25. The molecule has 3 aliphatic rings. The van der Waals surface area contributed by atoms with Crippen molar-refractivity contribution >= 4 is 17.6 Å². The number of carbonyl (C=O) groups is 2. The summed E-state index contributed by atoms with van der Waals surface area (Å²) in [5.74, 6) is -1.24. The van der Waals surface area contributed by atoms with Crippen molar-refractivity contribution in [1.82, 2.24) is 10.2 Å². The minimum atomic E-state index is -0.659. The summed E-state index contributed by atoms with van der Waals surface area (Å²) in [4.78, 5) is 40.2. The Labute approximate surface area is 263 Å². The number of hydrogen-bond donors (Lipinski definition) is 1. The fraction of sp³-hybridized carbons (Fsp3) is 0.333. The quantitative estimate of drug-likeness (QED) is 0.157. The van der Waals surface area contributed by atoms with Gasteiger partial charge in [0.05, 0.1) is 48.4 Å². The van der Waals surface area contributed by atoms with Gasteiger partial charge >= 0.3 is 11.9 Å². The van der Waals surface area contributed by atoms with Gasteiger partial charge < -0.3 is 15.0 Å². The van der Waals surface area contributed by atoms with Gasteiger partial charge in [0.1, 0.15) is 6.54 Å². The SMILES string of the molecule is COC(=O)C1=CNC2=C(C(=O)[N+](C)(CCCN3CCC(c4ccccc4)(c4ccccc4)CC3)C2)C1c1ccc([N+](=O)[O-])cc1. The molecule has 9 heteroatoms. The minimum absolute atomic E-state index is 0.00561. The number of amides is 1. The van der Waals surface area contributed by atoms with Crippen molar-refractivity contribution in [2.24, 2.45) is 0 Å². The summed E-state index contributed by atoms with van der Waals surface area (Å²) in [5, 5.41) is 14.4. The highest BCUT2D eigenvalue weighted by Crippen LogP contribution is 2.43. The van der Waals surface area contributed by atoms with Crippen LogP contribution in [0.3, 0.4) is 0 Å². The van der Waals surface area contributed by atoms with Crippen LogP contribution in [-0.4, -0.2) is 73.1 Å². The third-order valence-electron chi connectivity index (χ3n) is 9.90. The average Bonchev–Trinajstić information content (AvgIpc) is 3.34. The van der Waals surface area contributed by atoms with Gasteiger partial charge in [-0.3, -0.25) is 14.6 Å². The highest BCUT2D eigenvalue weighted by molar-refractivity contribution is 6.00. The van der Waals surface area contributed by atoms with Crippen LogP contribution in [0.2, 0.25) is 0 Å². The van der Waals surface area contributed by atoms with Crippen molar-refractivity contribution in [1.29, 1.82) is 0 Å². The van der Waals surface area contributed by atoms with Gasteiger partial charge in [-0.2, -0.15) is 0 Å². The topological polar surface area (TPSA) is 102 Å². The molecule has 3 aromatic carbocycles. The van der Waals surface area contributed by atoms with Crippen molar-refractivity contribution in [2.45, 2.75) is 30.6 Å². The van der Waals surface area contributed by atoms with E-state index < -0.39 is 16.8 Å². The van der Waals surface area contributed by atoms with E-state index in [1.54, 1.807) is 18.3 Å². The van der Waals surface area contributed by atoms with Crippen LogP contribution < -0.4 is 5.32 Å². The molecule has 9 nitrogen and oxygen atoms in total. The van der Waals surface area contributed by atoms with Crippen LogP contribution >= 0.6 is 0 Å². The number of likely N-dealkylation sites (tertiary alicyclic amines) is 1. The van der Waals surface area contributed by atoms with E-state index in [2.05, 4.69) is 70.9 Å². The lowest BCUT2D eigenvalue weighted by atomic mass is 9.68. The molecule has 0 aromatic heterocycles.